The smallest absolute Gasteiger partial charge is 0.0707 e. The van der Waals surface area contributed by atoms with Crippen molar-refractivity contribution < 1.29 is 4.74 Å². The summed E-state index contributed by atoms with van der Waals surface area (Å²) in [5.41, 5.74) is 6.69. The molecule has 0 aliphatic carbocycles. The van der Waals surface area contributed by atoms with Gasteiger partial charge in [-0.3, -0.25) is 4.98 Å². The Labute approximate surface area is 86.4 Å². The highest BCUT2D eigenvalue weighted by atomic mass is 79.9. The molecule has 1 aromatic heterocycles. The van der Waals surface area contributed by atoms with E-state index in [0.717, 1.165) is 10.2 Å². The highest BCUT2D eigenvalue weighted by molar-refractivity contribution is 9.10. The molecule has 0 spiro atoms. The zero-order valence-electron chi connectivity index (χ0n) is 7.53. The number of hydrogen-bond acceptors (Lipinski definition) is 3. The van der Waals surface area contributed by atoms with Crippen molar-refractivity contribution in [2.24, 2.45) is 5.73 Å². The zero-order chi connectivity index (χ0) is 9.68. The van der Waals surface area contributed by atoms with Crippen LogP contribution in [0.5, 0.6) is 0 Å². The minimum Gasteiger partial charge on any atom is -0.380 e. The maximum atomic E-state index is 5.83. The van der Waals surface area contributed by atoms with E-state index in [1.807, 2.05) is 19.1 Å². The molecule has 72 valence electrons. The highest BCUT2D eigenvalue weighted by Gasteiger charge is 2.06. The van der Waals surface area contributed by atoms with Gasteiger partial charge in [0.25, 0.3) is 0 Å². The summed E-state index contributed by atoms with van der Waals surface area (Å²) in [5, 5.41) is 0. The number of nitrogens with zero attached hydrogens (tertiary/aromatic N) is 1. The molecule has 3 nitrogen and oxygen atoms in total. The van der Waals surface area contributed by atoms with E-state index < -0.39 is 0 Å². The molecule has 13 heavy (non-hydrogen) atoms. The second kappa shape index (κ2) is 5.32. The summed E-state index contributed by atoms with van der Waals surface area (Å²) in [6.07, 6.45) is 1.74. The van der Waals surface area contributed by atoms with Crippen LogP contribution in [0, 0.1) is 0 Å². The van der Waals surface area contributed by atoms with E-state index in [-0.39, 0.29) is 6.04 Å². The molecular weight excluding hydrogens is 232 g/mol. The lowest BCUT2D eigenvalue weighted by Crippen LogP contribution is -2.18. The fourth-order valence-corrected chi connectivity index (χ4v) is 1.17. The first-order chi connectivity index (χ1) is 6.24. The molecule has 1 aromatic rings. The third-order valence-corrected chi connectivity index (χ3v) is 2.10. The highest BCUT2D eigenvalue weighted by Crippen LogP contribution is 2.11. The van der Waals surface area contributed by atoms with E-state index in [0.29, 0.717) is 13.2 Å². The standard InChI is InChI=1S/C9H13BrN2O/c1-2-13-6-8(11)9-4-3-7(10)5-12-9/h3-5,8H,2,6,11H2,1H3. The number of ether oxygens (including phenoxy) is 1. The molecule has 0 aliphatic heterocycles. The molecule has 2 N–H and O–H groups in total. The van der Waals surface area contributed by atoms with E-state index in [1.165, 1.54) is 0 Å². The van der Waals surface area contributed by atoms with Crippen molar-refractivity contribution in [2.75, 3.05) is 13.2 Å². The summed E-state index contributed by atoms with van der Waals surface area (Å²) in [5.74, 6) is 0. The van der Waals surface area contributed by atoms with Crippen LogP contribution in [0.1, 0.15) is 18.7 Å². The Morgan fingerprint density at radius 2 is 2.38 bits per heavy atom. The van der Waals surface area contributed by atoms with Gasteiger partial charge in [-0.25, -0.2) is 0 Å². The molecule has 0 fully saturated rings. The number of aromatic nitrogens is 1. The van der Waals surface area contributed by atoms with Crippen LogP contribution in [0.15, 0.2) is 22.8 Å². The largest absolute Gasteiger partial charge is 0.380 e. The lowest BCUT2D eigenvalue weighted by Gasteiger charge is -2.10. The molecule has 0 bridgehead atoms. The van der Waals surface area contributed by atoms with Gasteiger partial charge in [-0.2, -0.15) is 0 Å². The van der Waals surface area contributed by atoms with Crippen molar-refractivity contribution in [3.8, 4) is 0 Å². The number of halogens is 1. The fourth-order valence-electron chi connectivity index (χ4n) is 0.937. The topological polar surface area (TPSA) is 48.1 Å². The molecule has 1 atom stereocenters. The van der Waals surface area contributed by atoms with Crippen LogP contribution < -0.4 is 5.73 Å². The number of rotatable bonds is 4. The maximum absolute atomic E-state index is 5.83. The van der Waals surface area contributed by atoms with E-state index >= 15 is 0 Å². The van der Waals surface area contributed by atoms with Crippen molar-refractivity contribution in [1.82, 2.24) is 4.98 Å². The summed E-state index contributed by atoms with van der Waals surface area (Å²) < 4.78 is 6.16. The first kappa shape index (κ1) is 10.6. The normalized spacial score (nSPS) is 12.8. The third-order valence-electron chi connectivity index (χ3n) is 1.63. The Hall–Kier alpha value is -0.450. The SMILES string of the molecule is CCOCC(N)c1ccc(Br)cn1. The van der Waals surface area contributed by atoms with Crippen LogP contribution in [0.25, 0.3) is 0 Å². The van der Waals surface area contributed by atoms with Gasteiger partial charge in [0.2, 0.25) is 0 Å². The van der Waals surface area contributed by atoms with Crippen molar-refractivity contribution in [2.45, 2.75) is 13.0 Å². The minimum atomic E-state index is -0.131. The second-order valence-corrected chi connectivity index (χ2v) is 3.58. The van der Waals surface area contributed by atoms with Crippen LogP contribution in [0.3, 0.4) is 0 Å². The van der Waals surface area contributed by atoms with Gasteiger partial charge in [-0.05, 0) is 35.0 Å². The summed E-state index contributed by atoms with van der Waals surface area (Å²) >= 11 is 3.31. The third kappa shape index (κ3) is 3.42. The first-order valence-corrected chi connectivity index (χ1v) is 4.98. The van der Waals surface area contributed by atoms with Crippen molar-refractivity contribution in [3.63, 3.8) is 0 Å². The lowest BCUT2D eigenvalue weighted by atomic mass is 10.2. The number of nitrogens with two attached hydrogens (primary N) is 1. The van der Waals surface area contributed by atoms with E-state index in [1.54, 1.807) is 6.20 Å². The van der Waals surface area contributed by atoms with Crippen molar-refractivity contribution >= 4 is 15.9 Å². The summed E-state index contributed by atoms with van der Waals surface area (Å²) in [7, 11) is 0. The van der Waals surface area contributed by atoms with Gasteiger partial charge in [0.15, 0.2) is 0 Å². The van der Waals surface area contributed by atoms with Crippen LogP contribution in [-0.2, 0) is 4.74 Å². The predicted octanol–water partition coefficient (Wildman–Crippen LogP) is 1.88. The number of pyridine rings is 1. The second-order valence-electron chi connectivity index (χ2n) is 2.67. The molecular formula is C9H13BrN2O. The summed E-state index contributed by atoms with van der Waals surface area (Å²) in [6.45, 7) is 3.15. The van der Waals surface area contributed by atoms with Crippen LogP contribution in [-0.4, -0.2) is 18.2 Å². The quantitative estimate of drug-likeness (QED) is 0.880. The van der Waals surface area contributed by atoms with E-state index in [9.17, 15) is 0 Å². The van der Waals surface area contributed by atoms with Gasteiger partial charge in [0, 0.05) is 17.3 Å². The fraction of sp³-hybridized carbons (Fsp3) is 0.444. The summed E-state index contributed by atoms with van der Waals surface area (Å²) in [6, 6.07) is 3.69. The molecule has 0 aromatic carbocycles. The Morgan fingerprint density at radius 1 is 1.62 bits per heavy atom. The molecule has 0 saturated heterocycles. The Bertz CT molecular complexity index is 250. The Kier molecular flexibility index (Phi) is 4.35. The Morgan fingerprint density at radius 3 is 2.92 bits per heavy atom. The monoisotopic (exact) mass is 244 g/mol. The summed E-state index contributed by atoms with van der Waals surface area (Å²) in [4.78, 5) is 4.18. The van der Waals surface area contributed by atoms with Gasteiger partial charge in [0.05, 0.1) is 18.3 Å². The molecule has 1 heterocycles. The van der Waals surface area contributed by atoms with Crippen LogP contribution in [0.2, 0.25) is 0 Å². The van der Waals surface area contributed by atoms with Gasteiger partial charge < -0.3 is 10.5 Å². The average Bonchev–Trinajstić information content (AvgIpc) is 2.15. The number of hydrogen-bond donors (Lipinski definition) is 1. The van der Waals surface area contributed by atoms with Gasteiger partial charge in [-0.15, -0.1) is 0 Å². The lowest BCUT2D eigenvalue weighted by molar-refractivity contribution is 0.132. The molecule has 0 radical (unpaired) electrons. The Balaban J connectivity index is 2.55. The molecule has 1 unspecified atom stereocenters. The van der Waals surface area contributed by atoms with Crippen molar-refractivity contribution in [3.05, 3.63) is 28.5 Å². The van der Waals surface area contributed by atoms with E-state index in [2.05, 4.69) is 20.9 Å². The molecule has 0 saturated carbocycles. The van der Waals surface area contributed by atoms with E-state index in [4.69, 9.17) is 10.5 Å². The molecule has 4 heteroatoms. The first-order valence-electron chi connectivity index (χ1n) is 4.18. The zero-order valence-corrected chi connectivity index (χ0v) is 9.12. The molecule has 1 rings (SSSR count). The van der Waals surface area contributed by atoms with Crippen molar-refractivity contribution in [1.29, 1.82) is 0 Å². The average molecular weight is 245 g/mol. The molecule has 0 amide bonds. The molecule has 0 aliphatic rings. The van der Waals surface area contributed by atoms with Gasteiger partial charge in [-0.1, -0.05) is 0 Å². The van der Waals surface area contributed by atoms with Gasteiger partial charge >= 0.3 is 0 Å². The van der Waals surface area contributed by atoms with Gasteiger partial charge in [0.1, 0.15) is 0 Å². The maximum Gasteiger partial charge on any atom is 0.0707 e. The van der Waals surface area contributed by atoms with Crippen LogP contribution in [0.4, 0.5) is 0 Å². The van der Waals surface area contributed by atoms with Crippen LogP contribution >= 0.6 is 15.9 Å². The predicted molar refractivity (Wildman–Crippen MR) is 55.4 cm³/mol. The minimum absolute atomic E-state index is 0.131.